The molecule has 3 heterocycles. The maximum Gasteiger partial charge on any atom is 0.222 e. The first-order valence-electron chi connectivity index (χ1n) is 5.50. The zero-order valence-electron chi connectivity index (χ0n) is 10.1. The number of furan rings is 1. The van der Waals surface area contributed by atoms with E-state index in [2.05, 4.69) is 15.2 Å². The normalized spacial score (nSPS) is 11.0. The Morgan fingerprint density at radius 1 is 1.47 bits per heavy atom. The van der Waals surface area contributed by atoms with E-state index < -0.39 is 0 Å². The van der Waals surface area contributed by atoms with Crippen LogP contribution in [0.2, 0.25) is 0 Å². The molecule has 3 rings (SSSR count). The molecule has 0 saturated heterocycles. The van der Waals surface area contributed by atoms with E-state index in [0.717, 1.165) is 27.4 Å². The minimum absolute atomic E-state index is 0.414. The SMILES string of the molecule is Cn1c(N)nnc1SCc1csc(-c2ccco2)n1. The maximum atomic E-state index is 5.63. The summed E-state index contributed by atoms with van der Waals surface area (Å²) in [6.07, 6.45) is 1.65. The molecule has 3 aromatic rings. The van der Waals surface area contributed by atoms with Crippen LogP contribution < -0.4 is 5.73 Å². The van der Waals surface area contributed by atoms with E-state index in [4.69, 9.17) is 10.2 Å². The Morgan fingerprint density at radius 2 is 2.37 bits per heavy atom. The average Bonchev–Trinajstić information content (AvgIpc) is 3.11. The third kappa shape index (κ3) is 2.49. The highest BCUT2D eigenvalue weighted by atomic mass is 32.2. The molecule has 0 radical (unpaired) electrons. The van der Waals surface area contributed by atoms with Gasteiger partial charge in [-0.3, -0.25) is 4.57 Å². The van der Waals surface area contributed by atoms with Gasteiger partial charge in [0.05, 0.1) is 12.0 Å². The molecule has 6 nitrogen and oxygen atoms in total. The molecule has 3 aromatic heterocycles. The van der Waals surface area contributed by atoms with Crippen LogP contribution in [0.25, 0.3) is 10.8 Å². The number of anilines is 1. The molecule has 0 amide bonds. The highest BCUT2D eigenvalue weighted by Gasteiger charge is 2.10. The van der Waals surface area contributed by atoms with Crippen LogP contribution in [-0.2, 0) is 12.8 Å². The molecule has 0 aliphatic carbocycles. The monoisotopic (exact) mass is 293 g/mol. The van der Waals surface area contributed by atoms with Crippen molar-refractivity contribution in [2.45, 2.75) is 10.9 Å². The predicted molar refractivity (Wildman–Crippen MR) is 74.8 cm³/mol. The Kier molecular flexibility index (Phi) is 3.26. The van der Waals surface area contributed by atoms with Crippen molar-refractivity contribution < 1.29 is 4.42 Å². The molecular weight excluding hydrogens is 282 g/mol. The van der Waals surface area contributed by atoms with Gasteiger partial charge in [0.2, 0.25) is 5.95 Å². The fourth-order valence-corrected chi connectivity index (χ4v) is 3.18. The Hall–Kier alpha value is -1.80. The average molecular weight is 293 g/mol. The minimum atomic E-state index is 0.414. The van der Waals surface area contributed by atoms with Gasteiger partial charge in [0.25, 0.3) is 0 Å². The van der Waals surface area contributed by atoms with Gasteiger partial charge in [0.15, 0.2) is 15.9 Å². The van der Waals surface area contributed by atoms with Crippen LogP contribution in [0.3, 0.4) is 0 Å². The molecular formula is C11H11N5OS2. The number of hydrogen-bond acceptors (Lipinski definition) is 7. The second-order valence-electron chi connectivity index (χ2n) is 3.81. The van der Waals surface area contributed by atoms with Crippen LogP contribution in [0.1, 0.15) is 5.69 Å². The summed E-state index contributed by atoms with van der Waals surface area (Å²) in [7, 11) is 1.84. The lowest BCUT2D eigenvalue weighted by molar-refractivity contribution is 0.581. The minimum Gasteiger partial charge on any atom is -0.462 e. The largest absolute Gasteiger partial charge is 0.462 e. The van der Waals surface area contributed by atoms with Crippen molar-refractivity contribution in [3.05, 3.63) is 29.5 Å². The van der Waals surface area contributed by atoms with Crippen molar-refractivity contribution >= 4 is 29.0 Å². The van der Waals surface area contributed by atoms with E-state index in [1.54, 1.807) is 33.9 Å². The topological polar surface area (TPSA) is 82.8 Å². The fourth-order valence-electron chi connectivity index (χ4n) is 1.48. The van der Waals surface area contributed by atoms with E-state index in [-0.39, 0.29) is 0 Å². The van der Waals surface area contributed by atoms with Gasteiger partial charge in [-0.05, 0) is 12.1 Å². The van der Waals surface area contributed by atoms with E-state index in [9.17, 15) is 0 Å². The van der Waals surface area contributed by atoms with E-state index in [0.29, 0.717) is 5.95 Å². The van der Waals surface area contributed by atoms with Gasteiger partial charge in [-0.15, -0.1) is 21.5 Å². The number of nitrogens with zero attached hydrogens (tertiary/aromatic N) is 4. The zero-order chi connectivity index (χ0) is 13.2. The Labute approximate surface area is 117 Å². The van der Waals surface area contributed by atoms with Crippen LogP contribution in [0.5, 0.6) is 0 Å². The standard InChI is InChI=1S/C11H11N5OS2/c1-16-10(12)14-15-11(16)19-6-7-5-18-9(13-7)8-3-2-4-17-8/h2-5H,6H2,1H3,(H2,12,14). The van der Waals surface area contributed by atoms with Crippen molar-refractivity contribution in [1.82, 2.24) is 19.7 Å². The third-order valence-corrected chi connectivity index (χ3v) is 4.46. The molecule has 8 heteroatoms. The second kappa shape index (κ2) is 5.06. The first-order valence-corrected chi connectivity index (χ1v) is 7.36. The smallest absolute Gasteiger partial charge is 0.222 e. The lowest BCUT2D eigenvalue weighted by atomic mass is 10.5. The highest BCUT2D eigenvalue weighted by Crippen LogP contribution is 2.27. The van der Waals surface area contributed by atoms with Crippen molar-refractivity contribution in [1.29, 1.82) is 0 Å². The molecule has 0 unspecified atom stereocenters. The van der Waals surface area contributed by atoms with Gasteiger partial charge < -0.3 is 10.2 Å². The van der Waals surface area contributed by atoms with E-state index >= 15 is 0 Å². The van der Waals surface area contributed by atoms with Crippen molar-refractivity contribution in [3.8, 4) is 10.8 Å². The summed E-state index contributed by atoms with van der Waals surface area (Å²) in [6.45, 7) is 0. The van der Waals surface area contributed by atoms with E-state index in [1.807, 2.05) is 24.6 Å². The number of nitrogens with two attached hydrogens (primary N) is 1. The second-order valence-corrected chi connectivity index (χ2v) is 5.61. The number of hydrogen-bond donors (Lipinski definition) is 1. The lowest BCUT2D eigenvalue weighted by Gasteiger charge is -1.98. The quantitative estimate of drug-likeness (QED) is 0.744. The van der Waals surface area contributed by atoms with Crippen LogP contribution in [0.15, 0.2) is 33.3 Å². The molecule has 0 bridgehead atoms. The number of nitrogen functional groups attached to an aromatic ring is 1. The number of thioether (sulfide) groups is 1. The summed E-state index contributed by atoms with van der Waals surface area (Å²) < 4.78 is 7.07. The maximum absolute atomic E-state index is 5.63. The van der Waals surface area contributed by atoms with Crippen molar-refractivity contribution in [3.63, 3.8) is 0 Å². The molecule has 19 heavy (non-hydrogen) atoms. The zero-order valence-corrected chi connectivity index (χ0v) is 11.7. The van der Waals surface area contributed by atoms with Gasteiger partial charge in [0, 0.05) is 18.2 Å². The summed E-state index contributed by atoms with van der Waals surface area (Å²) in [5.74, 6) is 1.93. The number of aromatic nitrogens is 4. The molecule has 0 aliphatic heterocycles. The van der Waals surface area contributed by atoms with Crippen LogP contribution in [0, 0.1) is 0 Å². The number of rotatable bonds is 4. The molecule has 0 spiro atoms. The van der Waals surface area contributed by atoms with Crippen LogP contribution in [-0.4, -0.2) is 19.7 Å². The Balaban J connectivity index is 1.69. The van der Waals surface area contributed by atoms with Gasteiger partial charge in [-0.25, -0.2) is 4.98 Å². The van der Waals surface area contributed by atoms with Crippen LogP contribution in [0.4, 0.5) is 5.95 Å². The predicted octanol–water partition coefficient (Wildman–Crippen LogP) is 2.41. The van der Waals surface area contributed by atoms with Crippen molar-refractivity contribution in [2.24, 2.45) is 7.05 Å². The fraction of sp³-hybridized carbons (Fsp3) is 0.182. The Morgan fingerprint density at radius 3 is 3.05 bits per heavy atom. The van der Waals surface area contributed by atoms with Gasteiger partial charge in [-0.2, -0.15) is 0 Å². The summed E-state index contributed by atoms with van der Waals surface area (Å²) in [4.78, 5) is 4.52. The van der Waals surface area contributed by atoms with Crippen LogP contribution >= 0.6 is 23.1 Å². The molecule has 0 fully saturated rings. The number of thiazole rings is 1. The molecule has 98 valence electrons. The first-order chi connectivity index (χ1) is 9.24. The molecule has 2 N–H and O–H groups in total. The summed E-state index contributed by atoms with van der Waals surface area (Å²) in [5.41, 5.74) is 6.62. The Bertz CT molecular complexity index is 673. The highest BCUT2D eigenvalue weighted by molar-refractivity contribution is 7.98. The summed E-state index contributed by atoms with van der Waals surface area (Å²) in [5, 5.41) is 11.5. The first kappa shape index (κ1) is 12.2. The molecule has 0 aliphatic rings. The van der Waals surface area contributed by atoms with Crippen molar-refractivity contribution in [2.75, 3.05) is 5.73 Å². The summed E-state index contributed by atoms with van der Waals surface area (Å²) >= 11 is 3.12. The van der Waals surface area contributed by atoms with Gasteiger partial charge in [-0.1, -0.05) is 11.8 Å². The van der Waals surface area contributed by atoms with Gasteiger partial charge in [0.1, 0.15) is 0 Å². The third-order valence-electron chi connectivity index (χ3n) is 2.50. The van der Waals surface area contributed by atoms with E-state index in [1.165, 1.54) is 0 Å². The molecule has 0 aromatic carbocycles. The molecule has 0 atom stereocenters. The van der Waals surface area contributed by atoms with Gasteiger partial charge >= 0.3 is 0 Å². The lowest BCUT2D eigenvalue weighted by Crippen LogP contribution is -1.98. The molecule has 0 saturated carbocycles. The summed E-state index contributed by atoms with van der Waals surface area (Å²) in [6, 6.07) is 3.76.